The Morgan fingerprint density at radius 2 is 2.31 bits per heavy atom. The van der Waals surface area contributed by atoms with Crippen LogP contribution in [0.5, 0.6) is 5.75 Å². The second kappa shape index (κ2) is 7.40. The summed E-state index contributed by atoms with van der Waals surface area (Å²) >= 11 is 1.28. The van der Waals surface area contributed by atoms with Crippen molar-refractivity contribution in [3.8, 4) is 28.8 Å². The summed E-state index contributed by atoms with van der Waals surface area (Å²) < 4.78 is 11.4. The van der Waals surface area contributed by atoms with Gasteiger partial charge in [0.1, 0.15) is 23.5 Å². The first-order valence-corrected chi connectivity index (χ1v) is 9.89. The number of rotatable bonds is 2. The maximum Gasteiger partial charge on any atom is 0.267 e. The molecule has 29 heavy (non-hydrogen) atoms. The van der Waals surface area contributed by atoms with E-state index in [4.69, 9.17) is 15.2 Å². The van der Waals surface area contributed by atoms with Gasteiger partial charge in [0.25, 0.3) is 5.91 Å². The minimum absolute atomic E-state index is 0.271. The van der Waals surface area contributed by atoms with Gasteiger partial charge in [-0.15, -0.1) is 11.3 Å². The van der Waals surface area contributed by atoms with Crippen LogP contribution >= 0.6 is 11.3 Å². The first-order chi connectivity index (χ1) is 13.8. The van der Waals surface area contributed by atoms with E-state index in [1.807, 2.05) is 0 Å². The summed E-state index contributed by atoms with van der Waals surface area (Å²) in [6, 6.07) is 5.32. The highest BCUT2D eigenvalue weighted by atomic mass is 32.1. The van der Waals surface area contributed by atoms with Crippen LogP contribution in [-0.4, -0.2) is 58.9 Å². The number of aromatic nitrogens is 1. The van der Waals surface area contributed by atoms with Gasteiger partial charge in [0.05, 0.1) is 10.6 Å². The molecule has 0 bridgehead atoms. The van der Waals surface area contributed by atoms with Crippen molar-refractivity contribution in [2.24, 2.45) is 5.73 Å². The third kappa shape index (κ3) is 3.50. The van der Waals surface area contributed by atoms with Crippen molar-refractivity contribution in [1.82, 2.24) is 9.88 Å². The summed E-state index contributed by atoms with van der Waals surface area (Å²) in [5.74, 6) is 5.83. The van der Waals surface area contributed by atoms with Crippen molar-refractivity contribution >= 4 is 17.2 Å². The number of fused-ring (bicyclic) bond motifs is 3. The molecule has 0 saturated carbocycles. The molecule has 4 rings (SSSR count). The van der Waals surface area contributed by atoms with Crippen LogP contribution in [0.25, 0.3) is 11.3 Å². The van der Waals surface area contributed by atoms with Crippen LogP contribution in [0, 0.1) is 11.8 Å². The molecule has 152 valence electrons. The van der Waals surface area contributed by atoms with Gasteiger partial charge in [-0.25, -0.2) is 4.98 Å². The summed E-state index contributed by atoms with van der Waals surface area (Å²) in [6.07, 6.45) is -1.26. The number of benzene rings is 1. The predicted octanol–water partition coefficient (Wildman–Crippen LogP) is 0.784. The number of likely N-dealkylation sites (N-methyl/N-ethyl adjacent to an activating group) is 1. The van der Waals surface area contributed by atoms with Crippen LogP contribution in [0.4, 0.5) is 0 Å². The third-order valence-corrected chi connectivity index (χ3v) is 6.27. The Hall–Kier alpha value is -2.48. The molecule has 1 fully saturated rings. The van der Waals surface area contributed by atoms with Gasteiger partial charge in [-0.3, -0.25) is 4.79 Å². The molecule has 2 aromatic rings. The molecule has 1 saturated heterocycles. The lowest BCUT2D eigenvalue weighted by Gasteiger charge is -2.13. The number of likely N-dealkylation sites (tertiary alicyclic amines) is 1. The lowest BCUT2D eigenvalue weighted by atomic mass is 10.0. The number of methoxy groups -OCH3 is 1. The molecule has 0 radical (unpaired) electrons. The average molecular weight is 415 g/mol. The quantitative estimate of drug-likeness (QED) is 0.490. The molecule has 0 aliphatic carbocycles. The van der Waals surface area contributed by atoms with Gasteiger partial charge < -0.3 is 30.3 Å². The number of amides is 1. The molecule has 8 nitrogen and oxygen atoms in total. The second-order valence-electron chi connectivity index (χ2n) is 7.04. The number of hydrogen-bond acceptors (Lipinski definition) is 8. The van der Waals surface area contributed by atoms with Crippen LogP contribution in [0.3, 0.4) is 0 Å². The molecule has 3 heterocycles. The number of nitrogens with zero attached hydrogens (tertiary/aromatic N) is 2. The van der Waals surface area contributed by atoms with Crippen molar-refractivity contribution < 1.29 is 24.5 Å². The highest BCUT2D eigenvalue weighted by molar-refractivity contribution is 7.12. The van der Waals surface area contributed by atoms with E-state index < -0.39 is 17.7 Å². The van der Waals surface area contributed by atoms with Crippen LogP contribution in [-0.2, 0) is 9.53 Å². The lowest BCUT2D eigenvalue weighted by Crippen LogP contribution is -2.37. The zero-order chi connectivity index (χ0) is 20.8. The molecule has 2 aliphatic heterocycles. The number of aliphatic hydroxyl groups excluding tert-OH is 1. The monoisotopic (exact) mass is 415 g/mol. The standard InChI is InChI=1S/C20H21N3O5S/c1-23-8-7-20(26,19(23)25)6-5-11-3-4-13-12(9-11)15-16(14(27-2)10-28-13)29-18(22-15)17(21)24/h3-4,9,14,17,24,26H,7-8,10,21H2,1-2H3/t14?,17?,20-/m0/s1. The fourth-order valence-electron chi connectivity index (χ4n) is 3.37. The number of ether oxygens (including phenoxy) is 2. The molecule has 1 aromatic carbocycles. The van der Waals surface area contributed by atoms with Gasteiger partial charge in [0, 0.05) is 38.2 Å². The Kier molecular flexibility index (Phi) is 5.06. The molecule has 0 spiro atoms. The van der Waals surface area contributed by atoms with E-state index in [1.165, 1.54) is 16.2 Å². The molecule has 1 aromatic heterocycles. The Morgan fingerprint density at radius 3 is 2.97 bits per heavy atom. The van der Waals surface area contributed by atoms with Crippen LogP contribution < -0.4 is 10.5 Å². The molecule has 3 atom stereocenters. The normalized spacial score (nSPS) is 24.1. The number of thiazole rings is 1. The molecular weight excluding hydrogens is 394 g/mol. The van der Waals surface area contributed by atoms with Crippen molar-refractivity contribution in [2.75, 3.05) is 27.3 Å². The topological polar surface area (TPSA) is 118 Å². The van der Waals surface area contributed by atoms with Crippen LogP contribution in [0.1, 0.15) is 34.2 Å². The van der Waals surface area contributed by atoms with E-state index in [0.717, 1.165) is 4.88 Å². The predicted molar refractivity (Wildman–Crippen MR) is 106 cm³/mol. The largest absolute Gasteiger partial charge is 0.490 e. The van der Waals surface area contributed by atoms with Gasteiger partial charge in [-0.05, 0) is 18.2 Å². The Morgan fingerprint density at radius 1 is 1.52 bits per heavy atom. The van der Waals surface area contributed by atoms with Gasteiger partial charge in [-0.1, -0.05) is 11.8 Å². The highest BCUT2D eigenvalue weighted by Gasteiger charge is 2.42. The minimum atomic E-state index is -1.66. The van der Waals surface area contributed by atoms with E-state index in [-0.39, 0.29) is 12.5 Å². The molecule has 2 unspecified atom stereocenters. The zero-order valence-corrected chi connectivity index (χ0v) is 16.8. The number of aliphatic hydroxyl groups is 2. The van der Waals surface area contributed by atoms with Crippen molar-refractivity contribution in [2.45, 2.75) is 24.4 Å². The minimum Gasteiger partial charge on any atom is -0.490 e. The fraction of sp³-hybridized carbons (Fsp3) is 0.400. The zero-order valence-electron chi connectivity index (χ0n) is 16.0. The second-order valence-corrected chi connectivity index (χ2v) is 8.11. The molecular formula is C20H21N3O5S. The SMILES string of the molecule is COC1COc2ccc(C#C[C@]3(O)CCN(C)C3=O)cc2-c2nc(C(N)O)sc21. The van der Waals surface area contributed by atoms with E-state index in [1.54, 1.807) is 32.4 Å². The third-order valence-electron chi connectivity index (χ3n) is 5.05. The Balaban J connectivity index is 1.76. The van der Waals surface area contributed by atoms with E-state index >= 15 is 0 Å². The number of carbonyl (C=O) groups excluding carboxylic acids is 1. The number of carbonyl (C=O) groups is 1. The number of hydrogen-bond donors (Lipinski definition) is 3. The van der Waals surface area contributed by atoms with Crippen molar-refractivity contribution in [3.05, 3.63) is 33.6 Å². The summed E-state index contributed by atoms with van der Waals surface area (Å²) in [5.41, 5.74) is 5.85. The first kappa shape index (κ1) is 19.8. The molecule has 1 amide bonds. The van der Waals surface area contributed by atoms with Gasteiger partial charge in [0.2, 0.25) is 5.60 Å². The Bertz CT molecular complexity index is 1020. The highest BCUT2D eigenvalue weighted by Crippen LogP contribution is 2.43. The maximum atomic E-state index is 12.1. The molecule has 9 heteroatoms. The van der Waals surface area contributed by atoms with Crippen molar-refractivity contribution in [3.63, 3.8) is 0 Å². The summed E-state index contributed by atoms with van der Waals surface area (Å²) in [7, 11) is 3.22. The summed E-state index contributed by atoms with van der Waals surface area (Å²) in [5, 5.41) is 20.6. The smallest absolute Gasteiger partial charge is 0.267 e. The van der Waals surface area contributed by atoms with Gasteiger partial charge in [0.15, 0.2) is 6.23 Å². The fourth-order valence-corrected chi connectivity index (χ4v) is 4.40. The van der Waals surface area contributed by atoms with Gasteiger partial charge >= 0.3 is 0 Å². The first-order valence-electron chi connectivity index (χ1n) is 9.08. The Labute approximate surface area is 171 Å². The van der Waals surface area contributed by atoms with E-state index in [0.29, 0.717) is 40.7 Å². The molecule has 2 aliphatic rings. The molecule has 4 N–H and O–H groups in total. The van der Waals surface area contributed by atoms with Crippen LogP contribution in [0.2, 0.25) is 0 Å². The average Bonchev–Trinajstić information content (AvgIpc) is 3.21. The summed E-state index contributed by atoms with van der Waals surface area (Å²) in [6.45, 7) is 0.761. The van der Waals surface area contributed by atoms with E-state index in [2.05, 4.69) is 16.8 Å². The summed E-state index contributed by atoms with van der Waals surface area (Å²) in [4.78, 5) is 18.9. The van der Waals surface area contributed by atoms with Gasteiger partial charge in [-0.2, -0.15) is 0 Å². The van der Waals surface area contributed by atoms with Crippen LogP contribution in [0.15, 0.2) is 18.2 Å². The van der Waals surface area contributed by atoms with Crippen molar-refractivity contribution in [1.29, 1.82) is 0 Å². The van der Waals surface area contributed by atoms with E-state index in [9.17, 15) is 15.0 Å². The maximum absolute atomic E-state index is 12.1. The lowest BCUT2D eigenvalue weighted by molar-refractivity contribution is -0.137. The number of nitrogens with two attached hydrogens (primary N) is 1.